The van der Waals surface area contributed by atoms with Crippen LogP contribution >= 0.6 is 11.3 Å². The molecule has 0 bridgehead atoms. The summed E-state index contributed by atoms with van der Waals surface area (Å²) in [6.45, 7) is 4.80. The van der Waals surface area contributed by atoms with Crippen LogP contribution in [0.15, 0.2) is 59.0 Å². The molecule has 40 heavy (non-hydrogen) atoms. The van der Waals surface area contributed by atoms with Crippen LogP contribution in [0.3, 0.4) is 0 Å². The van der Waals surface area contributed by atoms with Crippen molar-refractivity contribution in [1.29, 1.82) is 0 Å². The van der Waals surface area contributed by atoms with Gasteiger partial charge in [-0.1, -0.05) is 17.3 Å². The summed E-state index contributed by atoms with van der Waals surface area (Å²) in [6, 6.07) is 7.87. The molecule has 0 radical (unpaired) electrons. The molecule has 0 spiro atoms. The highest BCUT2D eigenvalue weighted by Crippen LogP contribution is 2.33. The summed E-state index contributed by atoms with van der Waals surface area (Å²) in [7, 11) is -3.37. The van der Waals surface area contributed by atoms with Crippen LogP contribution in [0.1, 0.15) is 36.0 Å². The predicted molar refractivity (Wildman–Crippen MR) is 148 cm³/mol. The van der Waals surface area contributed by atoms with Gasteiger partial charge in [-0.25, -0.2) is 23.4 Å². The van der Waals surface area contributed by atoms with Gasteiger partial charge in [0.15, 0.2) is 33.1 Å². The largest absolute Gasteiger partial charge is 0.387 e. The molecule has 2 aromatic heterocycles. The molecule has 1 aliphatic carbocycles. The molecule has 1 saturated carbocycles. The third kappa shape index (κ3) is 6.69. The monoisotopic (exact) mass is 583 g/mol. The molecule has 210 valence electrons. The zero-order valence-electron chi connectivity index (χ0n) is 21.8. The van der Waals surface area contributed by atoms with Crippen LogP contribution in [-0.2, 0) is 37.4 Å². The molecular weight excluding hydrogens is 554 g/mol. The van der Waals surface area contributed by atoms with Gasteiger partial charge in [-0.2, -0.15) is 0 Å². The molecule has 1 atom stereocenters. The van der Waals surface area contributed by atoms with Crippen LogP contribution in [0.4, 0.5) is 5.13 Å². The first-order valence-corrected chi connectivity index (χ1v) is 15.2. The fourth-order valence-electron chi connectivity index (χ4n) is 4.32. The molecule has 1 aliphatic heterocycles. The number of thiazole rings is 1. The second-order valence-electron chi connectivity index (χ2n) is 9.66. The van der Waals surface area contributed by atoms with Crippen LogP contribution in [-0.4, -0.2) is 82.1 Å². The highest BCUT2D eigenvalue weighted by atomic mass is 32.2. The molecule has 2 fully saturated rings. The number of hydrogen-bond donors (Lipinski definition) is 1. The fourth-order valence-corrected chi connectivity index (χ4v) is 6.83. The summed E-state index contributed by atoms with van der Waals surface area (Å²) in [5.74, 6) is -0.161. The van der Waals surface area contributed by atoms with Crippen molar-refractivity contribution in [2.75, 3.05) is 25.0 Å². The van der Waals surface area contributed by atoms with Crippen LogP contribution in [0.25, 0.3) is 0 Å². The minimum Gasteiger partial charge on any atom is -0.387 e. The number of amides is 2. The average Bonchev–Trinajstić information content (AvgIpc) is 3.74. The van der Waals surface area contributed by atoms with Crippen LogP contribution in [0, 0.1) is 0 Å². The first-order chi connectivity index (χ1) is 19.3. The summed E-state index contributed by atoms with van der Waals surface area (Å²) < 4.78 is 25.2. The number of hydrogen-bond acceptors (Lipinski definition) is 11. The molecule has 14 heteroatoms. The van der Waals surface area contributed by atoms with Crippen molar-refractivity contribution in [1.82, 2.24) is 24.8 Å². The van der Waals surface area contributed by atoms with E-state index in [2.05, 4.69) is 30.3 Å². The Morgan fingerprint density at radius 1 is 1.18 bits per heavy atom. The molecule has 2 aliphatic rings. The maximum absolute atomic E-state index is 13.3. The van der Waals surface area contributed by atoms with E-state index in [4.69, 9.17) is 4.84 Å². The normalized spacial score (nSPS) is 18.4. The van der Waals surface area contributed by atoms with Crippen molar-refractivity contribution in [3.8, 4) is 0 Å². The van der Waals surface area contributed by atoms with Crippen molar-refractivity contribution in [2.24, 2.45) is 5.16 Å². The van der Waals surface area contributed by atoms with Crippen LogP contribution in [0.2, 0.25) is 0 Å². The van der Waals surface area contributed by atoms with Crippen molar-refractivity contribution in [2.45, 2.75) is 49.1 Å². The van der Waals surface area contributed by atoms with E-state index in [1.54, 1.807) is 41.7 Å². The molecule has 1 aromatic carbocycles. The molecular formula is C26H29N7O5S2. The number of anilines is 1. The van der Waals surface area contributed by atoms with E-state index < -0.39 is 15.7 Å². The van der Waals surface area contributed by atoms with Crippen LogP contribution in [0.5, 0.6) is 0 Å². The number of carbonyl (C=O) groups excluding carboxylic acids is 2. The Kier molecular flexibility index (Phi) is 8.47. The van der Waals surface area contributed by atoms with Gasteiger partial charge >= 0.3 is 0 Å². The number of nitrogens with one attached hydrogen (secondary N) is 1. The summed E-state index contributed by atoms with van der Waals surface area (Å²) in [6.07, 6.45) is 7.08. The number of sulfone groups is 1. The van der Waals surface area contributed by atoms with Gasteiger partial charge < -0.3 is 9.74 Å². The Morgan fingerprint density at radius 2 is 1.93 bits per heavy atom. The average molecular weight is 584 g/mol. The Hall–Kier alpha value is -3.75. The molecule has 0 unspecified atom stereocenters. The smallest absolute Gasteiger partial charge is 0.280 e. The van der Waals surface area contributed by atoms with Gasteiger partial charge in [-0.3, -0.25) is 19.8 Å². The van der Waals surface area contributed by atoms with E-state index in [0.717, 1.165) is 24.4 Å². The van der Waals surface area contributed by atoms with E-state index in [1.807, 2.05) is 6.92 Å². The van der Waals surface area contributed by atoms with E-state index in [0.29, 0.717) is 42.5 Å². The zero-order valence-corrected chi connectivity index (χ0v) is 23.5. The highest BCUT2D eigenvalue weighted by Gasteiger charge is 2.36. The van der Waals surface area contributed by atoms with Crippen molar-refractivity contribution >= 4 is 44.3 Å². The standard InChI is InChI=1S/C26H29N7O5S2/c1-18-14-32(11-12-33(18)17-34)15-20-13-29-26(39-20)30-25(35)24(31-38-16-23-27-9-2-10-28-23)19-3-5-21(6-4-19)40(36,37)22-7-8-22/h2-6,9-10,13,17-18,22H,7-8,11-12,14-16H2,1H3,(H,29,30,35)/t18-/m0/s1. The maximum atomic E-state index is 13.3. The lowest BCUT2D eigenvalue weighted by Gasteiger charge is -2.37. The second-order valence-corrected chi connectivity index (χ2v) is 13.0. The lowest BCUT2D eigenvalue weighted by atomic mass is 10.1. The zero-order chi connectivity index (χ0) is 28.1. The van der Waals surface area contributed by atoms with Crippen molar-refractivity contribution in [3.05, 3.63) is 65.2 Å². The van der Waals surface area contributed by atoms with Gasteiger partial charge in [0.25, 0.3) is 5.91 Å². The maximum Gasteiger partial charge on any atom is 0.280 e. The topological polar surface area (TPSA) is 147 Å². The molecule has 5 rings (SSSR count). The summed E-state index contributed by atoms with van der Waals surface area (Å²) in [5, 5.41) is 6.90. The quantitative estimate of drug-likeness (QED) is 0.204. The molecule has 3 aromatic rings. The van der Waals surface area contributed by atoms with Gasteiger partial charge in [-0.05, 0) is 38.0 Å². The van der Waals surface area contributed by atoms with E-state index >= 15 is 0 Å². The summed E-state index contributed by atoms with van der Waals surface area (Å²) in [4.78, 5) is 47.6. The van der Waals surface area contributed by atoms with Crippen molar-refractivity contribution in [3.63, 3.8) is 0 Å². The number of nitrogens with zero attached hydrogens (tertiary/aromatic N) is 6. The Labute approximate surface area is 236 Å². The summed E-state index contributed by atoms with van der Waals surface area (Å²) in [5.41, 5.74) is 0.349. The highest BCUT2D eigenvalue weighted by molar-refractivity contribution is 7.92. The van der Waals surface area contributed by atoms with Gasteiger partial charge in [0.05, 0.1) is 10.1 Å². The van der Waals surface area contributed by atoms with E-state index in [1.165, 1.54) is 23.5 Å². The SMILES string of the molecule is C[C@H]1CN(Cc2cnc(NC(=O)C(=NOCc3ncccn3)c3ccc(S(=O)(=O)C4CC4)cc3)s2)CCN1C=O. The van der Waals surface area contributed by atoms with Gasteiger partial charge in [0, 0.05) is 61.3 Å². The first-order valence-electron chi connectivity index (χ1n) is 12.8. The lowest BCUT2D eigenvalue weighted by Crippen LogP contribution is -2.50. The minimum absolute atomic E-state index is 0.0399. The molecule has 2 amide bonds. The Bertz CT molecular complexity index is 1470. The number of benzene rings is 1. The summed E-state index contributed by atoms with van der Waals surface area (Å²) >= 11 is 1.35. The van der Waals surface area contributed by atoms with Crippen molar-refractivity contribution < 1.29 is 22.8 Å². The van der Waals surface area contributed by atoms with E-state index in [9.17, 15) is 18.0 Å². The fraction of sp³-hybridized carbons (Fsp3) is 0.385. The second kappa shape index (κ2) is 12.2. The Balaban J connectivity index is 1.29. The van der Waals surface area contributed by atoms with Gasteiger partial charge in [-0.15, -0.1) is 11.3 Å². The number of rotatable bonds is 11. The predicted octanol–water partition coefficient (Wildman–Crippen LogP) is 2.09. The lowest BCUT2D eigenvalue weighted by molar-refractivity contribution is -0.122. The van der Waals surface area contributed by atoms with Gasteiger partial charge in [0.1, 0.15) is 0 Å². The first kappa shape index (κ1) is 27.8. The number of carbonyl (C=O) groups is 2. The van der Waals surface area contributed by atoms with Crippen LogP contribution < -0.4 is 5.32 Å². The number of aromatic nitrogens is 3. The van der Waals surface area contributed by atoms with Gasteiger partial charge in [0.2, 0.25) is 6.41 Å². The minimum atomic E-state index is -3.37. The number of piperazine rings is 1. The van der Waals surface area contributed by atoms with E-state index in [-0.39, 0.29) is 28.5 Å². The molecule has 12 nitrogen and oxygen atoms in total. The Morgan fingerprint density at radius 3 is 2.60 bits per heavy atom. The third-order valence-electron chi connectivity index (χ3n) is 6.66. The molecule has 1 saturated heterocycles. The molecule has 3 heterocycles. The third-order valence-corrected chi connectivity index (χ3v) is 9.83. The molecule has 1 N–H and O–H groups in total. The number of oxime groups is 1.